The van der Waals surface area contributed by atoms with Gasteiger partial charge in [0.25, 0.3) is 5.56 Å². The molecule has 0 saturated heterocycles. The van der Waals surface area contributed by atoms with Gasteiger partial charge in [0.1, 0.15) is 0 Å². The minimum absolute atomic E-state index is 0.0808. The number of thioether (sulfide) groups is 1. The van der Waals surface area contributed by atoms with Crippen LogP contribution in [0, 0.1) is 0 Å². The molecule has 0 spiro atoms. The maximum absolute atomic E-state index is 13.0. The molecule has 3 rings (SSSR count). The molecular formula is C23H26N4O3S. The first-order chi connectivity index (χ1) is 14.9. The summed E-state index contributed by atoms with van der Waals surface area (Å²) in [5.74, 6) is -0.347. The van der Waals surface area contributed by atoms with Crippen LogP contribution in [0.1, 0.15) is 33.6 Å². The van der Waals surface area contributed by atoms with Gasteiger partial charge in [0.05, 0.1) is 16.2 Å². The molecule has 1 aromatic heterocycles. The number of carbonyl (C=O) groups is 2. The number of fused-ring (bicyclic) bond motifs is 1. The lowest BCUT2D eigenvalue weighted by Crippen LogP contribution is -2.27. The number of unbranched alkanes of at least 4 members (excludes halogenated alkanes) is 1. The molecule has 162 valence electrons. The number of nitrogens with one attached hydrogen (secondary N) is 2. The highest BCUT2D eigenvalue weighted by Crippen LogP contribution is 2.24. The Morgan fingerprint density at radius 2 is 1.71 bits per heavy atom. The zero-order valence-corrected chi connectivity index (χ0v) is 18.7. The molecule has 0 aliphatic heterocycles. The molecule has 0 aliphatic carbocycles. The third-order valence-corrected chi connectivity index (χ3v) is 5.78. The summed E-state index contributed by atoms with van der Waals surface area (Å²) in [5.41, 5.74) is 1.83. The van der Waals surface area contributed by atoms with Crippen LogP contribution in [0.3, 0.4) is 0 Å². The Morgan fingerprint density at radius 3 is 2.35 bits per heavy atom. The van der Waals surface area contributed by atoms with Gasteiger partial charge >= 0.3 is 0 Å². The standard InChI is InChI=1S/C23H26N4O3S/c1-4-5-14-27-22(30)19-8-6-7-9-20(19)26-23(27)31-15(2)21(29)25-18-12-10-17(11-13-18)24-16(3)28/h6-13,15H,4-5,14H2,1-3H3,(H,24,28)(H,25,29)/t15-/m0/s1. The van der Waals surface area contributed by atoms with Crippen LogP contribution >= 0.6 is 11.8 Å². The molecule has 0 aliphatic rings. The quantitative estimate of drug-likeness (QED) is 0.405. The lowest BCUT2D eigenvalue weighted by Gasteiger charge is -2.16. The molecular weight excluding hydrogens is 412 g/mol. The predicted octanol–water partition coefficient (Wildman–Crippen LogP) is 4.27. The molecule has 0 bridgehead atoms. The van der Waals surface area contributed by atoms with Gasteiger partial charge in [-0.25, -0.2) is 4.98 Å². The van der Waals surface area contributed by atoms with E-state index in [1.165, 1.54) is 18.7 Å². The van der Waals surface area contributed by atoms with Crippen molar-refractivity contribution in [2.75, 3.05) is 10.6 Å². The van der Waals surface area contributed by atoms with Crippen molar-refractivity contribution in [3.8, 4) is 0 Å². The minimum Gasteiger partial charge on any atom is -0.326 e. The summed E-state index contributed by atoms with van der Waals surface area (Å²) in [6.45, 7) is 5.86. The number of hydrogen-bond acceptors (Lipinski definition) is 5. The number of benzene rings is 2. The summed E-state index contributed by atoms with van der Waals surface area (Å²) in [6.07, 6.45) is 1.81. The van der Waals surface area contributed by atoms with E-state index >= 15 is 0 Å². The number of anilines is 2. The predicted molar refractivity (Wildman–Crippen MR) is 126 cm³/mol. The van der Waals surface area contributed by atoms with E-state index < -0.39 is 5.25 Å². The number of hydrogen-bond donors (Lipinski definition) is 2. The van der Waals surface area contributed by atoms with Gasteiger partial charge in [0.2, 0.25) is 11.8 Å². The molecule has 0 fully saturated rings. The van der Waals surface area contributed by atoms with E-state index in [4.69, 9.17) is 0 Å². The molecule has 7 nitrogen and oxygen atoms in total. The molecule has 8 heteroatoms. The summed E-state index contributed by atoms with van der Waals surface area (Å²) in [4.78, 5) is 41.5. The van der Waals surface area contributed by atoms with E-state index in [1.54, 1.807) is 41.8 Å². The molecule has 3 aromatic rings. The van der Waals surface area contributed by atoms with Crippen molar-refractivity contribution in [1.29, 1.82) is 0 Å². The van der Waals surface area contributed by atoms with Gasteiger partial charge < -0.3 is 10.6 Å². The SMILES string of the molecule is CCCCn1c(S[C@@H](C)C(=O)Nc2ccc(NC(C)=O)cc2)nc2ccccc2c1=O. The van der Waals surface area contributed by atoms with E-state index in [0.29, 0.717) is 34.0 Å². The summed E-state index contributed by atoms with van der Waals surface area (Å²) >= 11 is 1.27. The smallest absolute Gasteiger partial charge is 0.262 e. The van der Waals surface area contributed by atoms with Crippen LogP contribution < -0.4 is 16.2 Å². The van der Waals surface area contributed by atoms with E-state index in [9.17, 15) is 14.4 Å². The Hall–Kier alpha value is -3.13. The lowest BCUT2D eigenvalue weighted by molar-refractivity contribution is -0.115. The van der Waals surface area contributed by atoms with Gasteiger partial charge in [-0.1, -0.05) is 37.2 Å². The highest BCUT2D eigenvalue weighted by Gasteiger charge is 2.19. The highest BCUT2D eigenvalue weighted by atomic mass is 32.2. The Kier molecular flexibility index (Phi) is 7.46. The monoisotopic (exact) mass is 438 g/mol. The number of amides is 2. The first kappa shape index (κ1) is 22.6. The Bertz CT molecular complexity index is 1140. The van der Waals surface area contributed by atoms with Crippen LogP contribution in [0.25, 0.3) is 10.9 Å². The second kappa shape index (κ2) is 10.3. The lowest BCUT2D eigenvalue weighted by atomic mass is 10.2. The Labute approximate surface area is 185 Å². The van der Waals surface area contributed by atoms with E-state index in [2.05, 4.69) is 22.5 Å². The van der Waals surface area contributed by atoms with E-state index in [0.717, 1.165) is 12.8 Å². The maximum atomic E-state index is 13.0. The molecule has 31 heavy (non-hydrogen) atoms. The minimum atomic E-state index is -0.462. The van der Waals surface area contributed by atoms with Crippen molar-refractivity contribution in [2.24, 2.45) is 0 Å². The summed E-state index contributed by atoms with van der Waals surface area (Å²) in [6, 6.07) is 14.2. The Morgan fingerprint density at radius 1 is 1.06 bits per heavy atom. The first-order valence-electron chi connectivity index (χ1n) is 10.2. The first-order valence-corrected chi connectivity index (χ1v) is 11.1. The fraction of sp³-hybridized carbons (Fsp3) is 0.304. The van der Waals surface area contributed by atoms with Crippen molar-refractivity contribution in [2.45, 2.75) is 50.6 Å². The zero-order chi connectivity index (χ0) is 22.4. The highest BCUT2D eigenvalue weighted by molar-refractivity contribution is 8.00. The molecule has 2 amide bonds. The summed E-state index contributed by atoms with van der Waals surface area (Å²) in [5, 5.41) is 6.22. The normalized spacial score (nSPS) is 11.8. The van der Waals surface area contributed by atoms with Crippen LogP contribution in [0.15, 0.2) is 58.5 Å². The average molecular weight is 439 g/mol. The van der Waals surface area contributed by atoms with Crippen LogP contribution in [0.2, 0.25) is 0 Å². The number of aromatic nitrogens is 2. The molecule has 1 heterocycles. The third kappa shape index (κ3) is 5.73. The van der Waals surface area contributed by atoms with Crippen molar-refractivity contribution in [3.63, 3.8) is 0 Å². The fourth-order valence-electron chi connectivity index (χ4n) is 3.05. The number of rotatable bonds is 8. The zero-order valence-electron chi connectivity index (χ0n) is 17.8. The molecule has 0 saturated carbocycles. The van der Waals surface area contributed by atoms with E-state index in [1.807, 2.05) is 18.2 Å². The summed E-state index contributed by atoms with van der Waals surface area (Å²) < 4.78 is 1.67. The Balaban J connectivity index is 1.78. The maximum Gasteiger partial charge on any atom is 0.262 e. The largest absolute Gasteiger partial charge is 0.326 e. The molecule has 0 unspecified atom stereocenters. The number of nitrogens with zero attached hydrogens (tertiary/aromatic N) is 2. The number of carbonyl (C=O) groups excluding carboxylic acids is 2. The van der Waals surface area contributed by atoms with Gasteiger partial charge in [0.15, 0.2) is 5.16 Å². The second-order valence-electron chi connectivity index (χ2n) is 7.23. The van der Waals surface area contributed by atoms with Gasteiger partial charge in [-0.15, -0.1) is 0 Å². The molecule has 0 radical (unpaired) electrons. The van der Waals surface area contributed by atoms with Crippen molar-refractivity contribution in [1.82, 2.24) is 9.55 Å². The topological polar surface area (TPSA) is 93.1 Å². The van der Waals surface area contributed by atoms with Gasteiger partial charge in [-0.05, 0) is 49.7 Å². The summed E-state index contributed by atoms with van der Waals surface area (Å²) in [7, 11) is 0. The van der Waals surface area contributed by atoms with Crippen molar-refractivity contribution in [3.05, 3.63) is 58.9 Å². The van der Waals surface area contributed by atoms with Crippen molar-refractivity contribution < 1.29 is 9.59 Å². The van der Waals surface area contributed by atoms with Crippen molar-refractivity contribution >= 4 is 45.9 Å². The van der Waals surface area contributed by atoms with Gasteiger partial charge in [0, 0.05) is 24.8 Å². The average Bonchev–Trinajstić information content (AvgIpc) is 2.74. The molecule has 2 aromatic carbocycles. The molecule has 2 N–H and O–H groups in total. The fourth-order valence-corrected chi connectivity index (χ4v) is 3.98. The number of para-hydroxylation sites is 1. The van der Waals surface area contributed by atoms with Gasteiger partial charge in [-0.2, -0.15) is 0 Å². The third-order valence-electron chi connectivity index (χ3n) is 4.69. The molecule has 1 atom stereocenters. The van der Waals surface area contributed by atoms with Crippen LogP contribution in [0.5, 0.6) is 0 Å². The van der Waals surface area contributed by atoms with Crippen LogP contribution in [-0.4, -0.2) is 26.6 Å². The second-order valence-corrected chi connectivity index (χ2v) is 8.54. The van der Waals surface area contributed by atoms with Gasteiger partial charge in [-0.3, -0.25) is 19.0 Å². The van der Waals surface area contributed by atoms with Crippen LogP contribution in [0.4, 0.5) is 11.4 Å². The van der Waals surface area contributed by atoms with E-state index in [-0.39, 0.29) is 17.4 Å². The van der Waals surface area contributed by atoms with Crippen LogP contribution in [-0.2, 0) is 16.1 Å².